The van der Waals surface area contributed by atoms with Gasteiger partial charge in [-0.05, 0) is 49.4 Å². The Hall–Kier alpha value is -2.83. The lowest BCUT2D eigenvalue weighted by atomic mass is 9.99. The molecule has 0 bridgehead atoms. The number of anilines is 1. The highest BCUT2D eigenvalue weighted by atomic mass is 19.1. The van der Waals surface area contributed by atoms with Gasteiger partial charge in [-0.1, -0.05) is 25.1 Å². The number of guanidine groups is 1. The Labute approximate surface area is 178 Å². The van der Waals surface area contributed by atoms with Crippen LogP contribution >= 0.6 is 0 Å². The standard InChI is InChI=1S/C23H32FN5O/c1-17-10-12-29(13-11-17)22-9-8-19(15-26-22)16-28-23(25-3)27-14-18(2)30-21-7-5-4-6-20(21)24/h4-9,15,17-18H,10-14,16H2,1-3H3,(H2,25,27,28). The number of piperidine rings is 1. The number of nitrogens with zero attached hydrogens (tertiary/aromatic N) is 3. The van der Waals surface area contributed by atoms with Gasteiger partial charge in [-0.3, -0.25) is 4.99 Å². The molecule has 1 saturated heterocycles. The minimum atomic E-state index is -0.359. The number of hydrogen-bond donors (Lipinski definition) is 2. The lowest BCUT2D eigenvalue weighted by Crippen LogP contribution is -2.41. The van der Waals surface area contributed by atoms with Gasteiger partial charge >= 0.3 is 0 Å². The Morgan fingerprint density at radius 3 is 2.67 bits per heavy atom. The predicted octanol–water partition coefficient (Wildman–Crippen LogP) is 3.59. The van der Waals surface area contributed by atoms with Crippen LogP contribution in [-0.4, -0.2) is 43.7 Å². The molecule has 6 nitrogen and oxygen atoms in total. The summed E-state index contributed by atoms with van der Waals surface area (Å²) in [5.74, 6) is 2.41. The molecule has 0 radical (unpaired) electrons. The van der Waals surface area contributed by atoms with E-state index in [1.807, 2.05) is 13.1 Å². The van der Waals surface area contributed by atoms with Crippen LogP contribution < -0.4 is 20.3 Å². The van der Waals surface area contributed by atoms with Gasteiger partial charge in [0.05, 0.1) is 6.54 Å². The van der Waals surface area contributed by atoms with Crippen LogP contribution in [0.3, 0.4) is 0 Å². The molecule has 7 heteroatoms. The molecular weight excluding hydrogens is 381 g/mol. The highest BCUT2D eigenvalue weighted by molar-refractivity contribution is 5.79. The zero-order valence-corrected chi connectivity index (χ0v) is 18.1. The molecule has 3 rings (SSSR count). The summed E-state index contributed by atoms with van der Waals surface area (Å²) in [6, 6.07) is 10.6. The van der Waals surface area contributed by atoms with Crippen molar-refractivity contribution in [3.05, 3.63) is 54.0 Å². The second-order valence-corrected chi connectivity index (χ2v) is 7.86. The van der Waals surface area contributed by atoms with E-state index in [0.29, 0.717) is 19.0 Å². The van der Waals surface area contributed by atoms with Gasteiger partial charge in [0.15, 0.2) is 17.5 Å². The average Bonchev–Trinajstić information content (AvgIpc) is 2.76. The summed E-state index contributed by atoms with van der Waals surface area (Å²) in [6.07, 6.45) is 4.16. The summed E-state index contributed by atoms with van der Waals surface area (Å²) < 4.78 is 19.3. The normalized spacial score (nSPS) is 16.3. The van der Waals surface area contributed by atoms with Gasteiger partial charge in [-0.25, -0.2) is 9.37 Å². The third kappa shape index (κ3) is 6.34. The summed E-state index contributed by atoms with van der Waals surface area (Å²) in [7, 11) is 1.72. The number of aliphatic imine (C=N–C) groups is 1. The van der Waals surface area contributed by atoms with Crippen LogP contribution in [0.15, 0.2) is 47.6 Å². The fraction of sp³-hybridized carbons (Fsp3) is 0.478. The van der Waals surface area contributed by atoms with Crippen molar-refractivity contribution in [2.75, 3.05) is 31.6 Å². The van der Waals surface area contributed by atoms with Crippen molar-refractivity contribution >= 4 is 11.8 Å². The van der Waals surface area contributed by atoms with Gasteiger partial charge in [0, 0.05) is 32.9 Å². The Morgan fingerprint density at radius 1 is 1.23 bits per heavy atom. The number of aromatic nitrogens is 1. The van der Waals surface area contributed by atoms with E-state index in [4.69, 9.17) is 4.74 Å². The van der Waals surface area contributed by atoms with Gasteiger partial charge in [-0.2, -0.15) is 0 Å². The molecule has 2 N–H and O–H groups in total. The molecule has 0 amide bonds. The zero-order valence-electron chi connectivity index (χ0n) is 18.1. The Kier molecular flexibility index (Phi) is 7.88. The van der Waals surface area contributed by atoms with E-state index in [1.54, 1.807) is 25.2 Å². The number of hydrogen-bond acceptors (Lipinski definition) is 4. The number of rotatable bonds is 7. The monoisotopic (exact) mass is 413 g/mol. The second kappa shape index (κ2) is 10.8. The van der Waals surface area contributed by atoms with Crippen LogP contribution in [0.1, 0.15) is 32.3 Å². The summed E-state index contributed by atoms with van der Waals surface area (Å²) in [5, 5.41) is 6.49. The van der Waals surface area contributed by atoms with E-state index in [0.717, 1.165) is 30.4 Å². The summed E-state index contributed by atoms with van der Waals surface area (Å²) in [5.41, 5.74) is 1.09. The molecule has 1 fully saturated rings. The highest BCUT2D eigenvalue weighted by Crippen LogP contribution is 2.21. The SMILES string of the molecule is CN=C(NCc1ccc(N2CCC(C)CC2)nc1)NCC(C)Oc1ccccc1F. The maximum atomic E-state index is 13.7. The molecule has 1 aliphatic rings. The molecule has 1 aliphatic heterocycles. The second-order valence-electron chi connectivity index (χ2n) is 7.86. The molecule has 2 heterocycles. The number of ether oxygens (including phenoxy) is 1. The molecule has 30 heavy (non-hydrogen) atoms. The minimum absolute atomic E-state index is 0.214. The first-order chi connectivity index (χ1) is 14.5. The number of halogens is 1. The lowest BCUT2D eigenvalue weighted by Gasteiger charge is -2.31. The van der Waals surface area contributed by atoms with Crippen molar-refractivity contribution in [1.29, 1.82) is 0 Å². The maximum Gasteiger partial charge on any atom is 0.191 e. The molecule has 0 spiro atoms. The van der Waals surface area contributed by atoms with Crippen molar-refractivity contribution in [3.8, 4) is 5.75 Å². The molecule has 0 aliphatic carbocycles. The fourth-order valence-corrected chi connectivity index (χ4v) is 3.39. The molecule has 0 saturated carbocycles. The predicted molar refractivity (Wildman–Crippen MR) is 120 cm³/mol. The van der Waals surface area contributed by atoms with Gasteiger partial charge < -0.3 is 20.3 Å². The highest BCUT2D eigenvalue weighted by Gasteiger charge is 2.16. The largest absolute Gasteiger partial charge is 0.486 e. The van der Waals surface area contributed by atoms with Crippen molar-refractivity contribution in [3.63, 3.8) is 0 Å². The first-order valence-electron chi connectivity index (χ1n) is 10.6. The third-order valence-corrected chi connectivity index (χ3v) is 5.32. The van der Waals surface area contributed by atoms with Gasteiger partial charge in [0.2, 0.25) is 0 Å². The molecule has 1 aromatic heterocycles. The Balaban J connectivity index is 1.43. The Bertz CT molecular complexity index is 819. The average molecular weight is 414 g/mol. The van der Waals surface area contributed by atoms with Crippen LogP contribution in [0.5, 0.6) is 5.75 Å². The van der Waals surface area contributed by atoms with Gasteiger partial charge in [0.1, 0.15) is 11.9 Å². The molecule has 1 atom stereocenters. The van der Waals surface area contributed by atoms with E-state index < -0.39 is 0 Å². The zero-order chi connectivity index (χ0) is 21.3. The van der Waals surface area contributed by atoms with Crippen molar-refractivity contribution in [2.24, 2.45) is 10.9 Å². The molecule has 2 aromatic rings. The number of pyridine rings is 1. The number of benzene rings is 1. The maximum absolute atomic E-state index is 13.7. The van der Waals surface area contributed by atoms with Crippen LogP contribution in [-0.2, 0) is 6.54 Å². The van der Waals surface area contributed by atoms with Gasteiger partial charge in [-0.15, -0.1) is 0 Å². The number of para-hydroxylation sites is 1. The first kappa shape index (κ1) is 21.9. The minimum Gasteiger partial charge on any atom is -0.486 e. The van der Waals surface area contributed by atoms with Crippen molar-refractivity contribution in [2.45, 2.75) is 39.3 Å². The smallest absolute Gasteiger partial charge is 0.191 e. The van der Waals surface area contributed by atoms with E-state index in [2.05, 4.69) is 44.6 Å². The number of nitrogens with one attached hydrogen (secondary N) is 2. The van der Waals surface area contributed by atoms with Crippen LogP contribution in [0, 0.1) is 11.7 Å². The van der Waals surface area contributed by atoms with Gasteiger partial charge in [0.25, 0.3) is 0 Å². The summed E-state index contributed by atoms with van der Waals surface area (Å²) >= 11 is 0. The quantitative estimate of drug-likeness (QED) is 0.537. The fourth-order valence-electron chi connectivity index (χ4n) is 3.39. The van der Waals surface area contributed by atoms with E-state index in [-0.39, 0.29) is 17.7 Å². The third-order valence-electron chi connectivity index (χ3n) is 5.32. The summed E-state index contributed by atoms with van der Waals surface area (Å²) in [4.78, 5) is 11.2. The summed E-state index contributed by atoms with van der Waals surface area (Å²) in [6.45, 7) is 7.47. The van der Waals surface area contributed by atoms with E-state index >= 15 is 0 Å². The molecule has 1 aromatic carbocycles. The van der Waals surface area contributed by atoms with E-state index in [9.17, 15) is 4.39 Å². The molecule has 162 valence electrons. The van der Waals surface area contributed by atoms with Crippen LogP contribution in [0.2, 0.25) is 0 Å². The lowest BCUT2D eigenvalue weighted by molar-refractivity contribution is 0.214. The van der Waals surface area contributed by atoms with Crippen LogP contribution in [0.4, 0.5) is 10.2 Å². The Morgan fingerprint density at radius 2 is 2.00 bits per heavy atom. The van der Waals surface area contributed by atoms with Crippen molar-refractivity contribution in [1.82, 2.24) is 15.6 Å². The first-order valence-corrected chi connectivity index (χ1v) is 10.6. The van der Waals surface area contributed by atoms with Crippen LogP contribution in [0.25, 0.3) is 0 Å². The van der Waals surface area contributed by atoms with Crippen molar-refractivity contribution < 1.29 is 9.13 Å². The van der Waals surface area contributed by atoms with E-state index in [1.165, 1.54) is 18.9 Å². The molecular formula is C23H32FN5O. The topological polar surface area (TPSA) is 61.8 Å². The molecule has 1 unspecified atom stereocenters.